The molecule has 0 spiro atoms. The summed E-state index contributed by atoms with van der Waals surface area (Å²) in [5.41, 5.74) is 3.67. The Labute approximate surface area is 203 Å². The van der Waals surface area contributed by atoms with Crippen molar-refractivity contribution >= 4 is 40.9 Å². The molecule has 1 fully saturated rings. The van der Waals surface area contributed by atoms with Gasteiger partial charge in [0.2, 0.25) is 0 Å². The van der Waals surface area contributed by atoms with Gasteiger partial charge >= 0.3 is 5.97 Å². The fraction of sp³-hybridized carbons (Fsp3) is 0.500. The summed E-state index contributed by atoms with van der Waals surface area (Å²) in [6.45, 7) is 3.87. The highest BCUT2D eigenvalue weighted by Crippen LogP contribution is 2.42. The third-order valence-corrected chi connectivity index (χ3v) is 8.26. The SMILES string of the molecule is Cc1cncc(SC[C@H]2C(Cl)CC(O)[C@@H]2CCc2ccc(C(=O)OCCO)c(Cl)c2)c1C. The van der Waals surface area contributed by atoms with Crippen LogP contribution in [0.2, 0.25) is 5.02 Å². The molecule has 1 aromatic heterocycles. The van der Waals surface area contributed by atoms with Gasteiger partial charge in [-0.1, -0.05) is 17.7 Å². The average molecular weight is 498 g/mol. The first kappa shape index (κ1) is 25.3. The zero-order valence-electron chi connectivity index (χ0n) is 18.3. The summed E-state index contributed by atoms with van der Waals surface area (Å²) in [7, 11) is 0. The molecule has 32 heavy (non-hydrogen) atoms. The van der Waals surface area contributed by atoms with E-state index in [-0.39, 0.29) is 36.0 Å². The minimum atomic E-state index is -0.551. The van der Waals surface area contributed by atoms with E-state index >= 15 is 0 Å². The Morgan fingerprint density at radius 3 is 2.78 bits per heavy atom. The number of benzene rings is 1. The number of ether oxygens (including phenoxy) is 1. The molecule has 1 aliphatic carbocycles. The molecule has 0 radical (unpaired) electrons. The summed E-state index contributed by atoms with van der Waals surface area (Å²) < 4.78 is 4.93. The van der Waals surface area contributed by atoms with Crippen molar-refractivity contribution in [3.05, 3.63) is 57.9 Å². The van der Waals surface area contributed by atoms with E-state index in [9.17, 15) is 9.90 Å². The molecule has 0 saturated heterocycles. The minimum absolute atomic E-state index is 0.0619. The molecule has 0 amide bonds. The van der Waals surface area contributed by atoms with E-state index in [4.69, 9.17) is 33.0 Å². The van der Waals surface area contributed by atoms with Crippen LogP contribution in [0.4, 0.5) is 0 Å². The van der Waals surface area contributed by atoms with Gasteiger partial charge in [0, 0.05) is 28.4 Å². The van der Waals surface area contributed by atoms with Crippen molar-refractivity contribution in [1.29, 1.82) is 0 Å². The monoisotopic (exact) mass is 497 g/mol. The molecule has 4 atom stereocenters. The number of nitrogens with zero attached hydrogens (tertiary/aromatic N) is 1. The normalized spacial score (nSPS) is 22.8. The fourth-order valence-corrected chi connectivity index (χ4v) is 6.34. The van der Waals surface area contributed by atoms with Crippen LogP contribution in [0.15, 0.2) is 35.5 Å². The Morgan fingerprint density at radius 2 is 2.06 bits per heavy atom. The maximum atomic E-state index is 12.0. The number of pyridine rings is 1. The number of thioether (sulfide) groups is 1. The standard InChI is InChI=1S/C24H29Cl2NO4S/c1-14-11-27-12-23(15(14)2)32-13-19-17(22(29)10-21(19)26)5-3-16-4-6-18(20(25)9-16)24(30)31-8-7-28/h4,6,9,11-12,17,19,21-22,28-29H,3,5,7-8,10,13H2,1-2H3/t17-,19-,21?,22?/m1/s1. The van der Waals surface area contributed by atoms with E-state index in [1.807, 2.05) is 18.5 Å². The van der Waals surface area contributed by atoms with Gasteiger partial charge in [0.05, 0.1) is 23.3 Å². The molecule has 0 aliphatic heterocycles. The molecule has 2 N–H and O–H groups in total. The van der Waals surface area contributed by atoms with Crippen molar-refractivity contribution in [2.75, 3.05) is 19.0 Å². The van der Waals surface area contributed by atoms with Crippen LogP contribution in [-0.4, -0.2) is 51.6 Å². The number of esters is 1. The second-order valence-corrected chi connectivity index (χ2v) is 10.3. The molecule has 3 rings (SSSR count). The number of aromatic nitrogens is 1. The van der Waals surface area contributed by atoms with Crippen LogP contribution >= 0.6 is 35.0 Å². The summed E-state index contributed by atoms with van der Waals surface area (Å²) in [5.74, 6) is 0.568. The largest absolute Gasteiger partial charge is 0.460 e. The Hall–Kier alpha value is -1.31. The summed E-state index contributed by atoms with van der Waals surface area (Å²) >= 11 is 14.7. The summed E-state index contributed by atoms with van der Waals surface area (Å²) in [6, 6.07) is 5.27. The van der Waals surface area contributed by atoms with Crippen molar-refractivity contribution in [1.82, 2.24) is 4.98 Å². The lowest BCUT2D eigenvalue weighted by atomic mass is 9.89. The number of aliphatic hydroxyl groups excluding tert-OH is 2. The first-order valence-corrected chi connectivity index (χ1v) is 12.5. The lowest BCUT2D eigenvalue weighted by molar-refractivity contribution is 0.0434. The second-order valence-electron chi connectivity index (χ2n) is 8.25. The highest BCUT2D eigenvalue weighted by atomic mass is 35.5. The van der Waals surface area contributed by atoms with Crippen molar-refractivity contribution in [3.63, 3.8) is 0 Å². The highest BCUT2D eigenvalue weighted by molar-refractivity contribution is 7.99. The quantitative estimate of drug-likeness (QED) is 0.293. The maximum Gasteiger partial charge on any atom is 0.339 e. The van der Waals surface area contributed by atoms with Gasteiger partial charge in [-0.2, -0.15) is 0 Å². The minimum Gasteiger partial charge on any atom is -0.460 e. The maximum absolute atomic E-state index is 12.0. The molecule has 174 valence electrons. The van der Waals surface area contributed by atoms with E-state index < -0.39 is 12.1 Å². The first-order chi connectivity index (χ1) is 15.3. The fourth-order valence-electron chi connectivity index (χ4n) is 4.13. The summed E-state index contributed by atoms with van der Waals surface area (Å²) in [6.07, 6.45) is 5.44. The number of carbonyl (C=O) groups is 1. The Bertz CT molecular complexity index is 942. The van der Waals surface area contributed by atoms with Gasteiger partial charge < -0.3 is 14.9 Å². The number of aliphatic hydroxyl groups is 2. The Kier molecular flexibility index (Phi) is 9.26. The molecule has 8 heteroatoms. The van der Waals surface area contributed by atoms with Crippen molar-refractivity contribution in [2.24, 2.45) is 11.8 Å². The molecule has 1 aromatic carbocycles. The van der Waals surface area contributed by atoms with E-state index in [2.05, 4.69) is 18.8 Å². The van der Waals surface area contributed by atoms with E-state index in [1.165, 1.54) is 11.1 Å². The molecular weight excluding hydrogens is 469 g/mol. The smallest absolute Gasteiger partial charge is 0.339 e. The van der Waals surface area contributed by atoms with Crippen molar-refractivity contribution in [3.8, 4) is 0 Å². The summed E-state index contributed by atoms with van der Waals surface area (Å²) in [4.78, 5) is 17.4. The van der Waals surface area contributed by atoms with E-state index in [1.54, 1.807) is 23.9 Å². The lowest BCUT2D eigenvalue weighted by Crippen LogP contribution is -2.23. The Morgan fingerprint density at radius 1 is 1.28 bits per heavy atom. The Balaban J connectivity index is 1.63. The summed E-state index contributed by atoms with van der Waals surface area (Å²) in [5, 5.41) is 19.7. The zero-order chi connectivity index (χ0) is 23.3. The van der Waals surface area contributed by atoms with Crippen LogP contribution in [0.25, 0.3) is 0 Å². The lowest BCUT2D eigenvalue weighted by Gasteiger charge is -2.23. The van der Waals surface area contributed by atoms with Crippen LogP contribution in [0.5, 0.6) is 0 Å². The van der Waals surface area contributed by atoms with Gasteiger partial charge in [0.15, 0.2) is 0 Å². The molecule has 2 unspecified atom stereocenters. The predicted octanol–water partition coefficient (Wildman–Crippen LogP) is 4.83. The van der Waals surface area contributed by atoms with Crippen molar-refractivity contribution in [2.45, 2.75) is 49.5 Å². The van der Waals surface area contributed by atoms with Gasteiger partial charge in [-0.05, 0) is 73.8 Å². The zero-order valence-corrected chi connectivity index (χ0v) is 20.6. The van der Waals surface area contributed by atoms with E-state index in [0.717, 1.165) is 29.1 Å². The topological polar surface area (TPSA) is 79.7 Å². The van der Waals surface area contributed by atoms with Gasteiger partial charge in [-0.3, -0.25) is 4.98 Å². The van der Waals surface area contributed by atoms with Gasteiger partial charge in [0.1, 0.15) is 6.61 Å². The molecule has 2 aromatic rings. The van der Waals surface area contributed by atoms with Gasteiger partial charge in [-0.15, -0.1) is 23.4 Å². The predicted molar refractivity (Wildman–Crippen MR) is 129 cm³/mol. The van der Waals surface area contributed by atoms with Crippen LogP contribution in [0.3, 0.4) is 0 Å². The molecule has 1 aliphatic rings. The number of hydrogen-bond donors (Lipinski definition) is 2. The molecular formula is C24H29Cl2NO4S. The highest BCUT2D eigenvalue weighted by Gasteiger charge is 2.41. The number of carbonyl (C=O) groups excluding carboxylic acids is 1. The number of rotatable bonds is 9. The average Bonchev–Trinajstić information content (AvgIpc) is 3.03. The second kappa shape index (κ2) is 11.7. The first-order valence-electron chi connectivity index (χ1n) is 10.7. The van der Waals surface area contributed by atoms with E-state index in [0.29, 0.717) is 11.4 Å². The van der Waals surface area contributed by atoms with Crippen LogP contribution in [0, 0.1) is 25.7 Å². The van der Waals surface area contributed by atoms with Crippen LogP contribution in [-0.2, 0) is 11.2 Å². The van der Waals surface area contributed by atoms with Gasteiger partial charge in [0.25, 0.3) is 0 Å². The van der Waals surface area contributed by atoms with Crippen LogP contribution < -0.4 is 0 Å². The third kappa shape index (κ3) is 6.17. The number of hydrogen-bond acceptors (Lipinski definition) is 6. The molecule has 0 bridgehead atoms. The number of halogens is 2. The third-order valence-electron chi connectivity index (χ3n) is 6.17. The van der Waals surface area contributed by atoms with Crippen molar-refractivity contribution < 1.29 is 19.7 Å². The molecule has 1 saturated carbocycles. The molecule has 1 heterocycles. The number of aryl methyl sites for hydroxylation is 2. The number of alkyl halides is 1. The molecule has 5 nitrogen and oxygen atoms in total. The van der Waals surface area contributed by atoms with Crippen LogP contribution in [0.1, 0.15) is 39.9 Å². The van der Waals surface area contributed by atoms with Gasteiger partial charge in [-0.25, -0.2) is 4.79 Å².